The predicted octanol–water partition coefficient (Wildman–Crippen LogP) is 20.2. The number of hydrogen-bond acceptors (Lipinski definition) is 23. The molecule has 25 heteroatoms. The number of aldehydes is 2. The molecule has 3 aliphatic carbocycles. The van der Waals surface area contributed by atoms with Crippen LogP contribution in [0.5, 0.6) is 17.2 Å². The molecule has 133 heavy (non-hydrogen) atoms. The van der Waals surface area contributed by atoms with E-state index in [2.05, 4.69) is 154 Å². The Morgan fingerprint density at radius 3 is 1.08 bits per heavy atom. The highest BCUT2D eigenvalue weighted by atomic mass is 35.5. The van der Waals surface area contributed by atoms with Crippen LogP contribution in [0.4, 0.5) is 0 Å². The van der Waals surface area contributed by atoms with Crippen LogP contribution in [0.2, 0.25) is 0 Å². The minimum Gasteiger partial charge on any atom is -0.504 e. The molecule has 3 saturated carbocycles. The van der Waals surface area contributed by atoms with E-state index in [-0.39, 0.29) is 24.8 Å². The smallest absolute Gasteiger partial charge is 0.175 e. The number of halogens is 2. The third-order valence-electron chi connectivity index (χ3n) is 25.0. The van der Waals surface area contributed by atoms with E-state index in [1.165, 1.54) is 94.6 Å². The van der Waals surface area contributed by atoms with E-state index >= 15 is 0 Å². The van der Waals surface area contributed by atoms with Crippen LogP contribution in [0.25, 0.3) is 39.0 Å². The number of rotatable bonds is 35. The van der Waals surface area contributed by atoms with E-state index in [1.54, 1.807) is 74.0 Å². The van der Waals surface area contributed by atoms with Gasteiger partial charge in [-0.2, -0.15) is 26.3 Å². The molecule has 6 aliphatic rings. The van der Waals surface area contributed by atoms with Gasteiger partial charge in [0, 0.05) is 60.9 Å². The zero-order valence-electron chi connectivity index (χ0n) is 78.3. The van der Waals surface area contributed by atoms with Crippen molar-refractivity contribution in [2.24, 2.45) is 35.5 Å². The lowest BCUT2D eigenvalue weighted by Gasteiger charge is -2.32. The lowest BCUT2D eigenvalue weighted by Crippen LogP contribution is -2.35. The van der Waals surface area contributed by atoms with Gasteiger partial charge in [0.15, 0.2) is 16.7 Å². The summed E-state index contributed by atoms with van der Waals surface area (Å²) in [5, 5.41) is 64.0. The number of fused-ring (bicyclic) bond motifs is 3. The predicted molar refractivity (Wildman–Crippen MR) is 527 cm³/mol. The molecule has 0 unspecified atom stereocenters. The Kier molecular flexibility index (Phi) is 42.3. The molecule has 8 aromatic carbocycles. The first kappa shape index (κ1) is 103. The second-order valence-corrected chi connectivity index (χ2v) is 36.4. The normalized spacial score (nSPS) is 15.1. The molecular formula is C108H130Cl2N14O9. The van der Waals surface area contributed by atoms with Crippen LogP contribution in [0.15, 0.2) is 178 Å². The number of nitrogens with one attached hydrogen (secondary N) is 1. The summed E-state index contributed by atoms with van der Waals surface area (Å²) in [6.45, 7) is 13.8. The second-order valence-electron chi connectivity index (χ2n) is 36.4. The number of aryl methyl sites for hydroxylation is 3. The van der Waals surface area contributed by atoms with Crippen LogP contribution in [-0.4, -0.2) is 174 Å². The Morgan fingerprint density at radius 1 is 0.406 bits per heavy atom. The van der Waals surface area contributed by atoms with Crippen LogP contribution in [-0.2, 0) is 67.7 Å². The zero-order chi connectivity index (χ0) is 92.1. The number of nitriles is 5. The summed E-state index contributed by atoms with van der Waals surface area (Å²) >= 11 is 0. The Hall–Kier alpha value is -11.8. The first-order valence-electron chi connectivity index (χ1n) is 46.7. The van der Waals surface area contributed by atoms with E-state index in [9.17, 15) is 9.59 Å². The Labute approximate surface area is 797 Å². The van der Waals surface area contributed by atoms with Crippen LogP contribution >= 0.6 is 24.8 Å². The third-order valence-corrected chi connectivity index (χ3v) is 25.0. The van der Waals surface area contributed by atoms with E-state index < -0.39 is 0 Å². The number of hydrogen-bond donors (Lipinski definition) is 1. The van der Waals surface area contributed by atoms with Crippen molar-refractivity contribution in [3.8, 4) is 47.6 Å². The van der Waals surface area contributed by atoms with E-state index in [1.807, 2.05) is 66.7 Å². The highest BCUT2D eigenvalue weighted by molar-refractivity contribution is 5.87. The van der Waals surface area contributed by atoms with Gasteiger partial charge < -0.3 is 67.1 Å². The van der Waals surface area contributed by atoms with Crippen molar-refractivity contribution >= 4 is 76.4 Å². The second kappa shape index (κ2) is 54.4. The molecule has 700 valence electrons. The van der Waals surface area contributed by atoms with Gasteiger partial charge in [0.2, 0.25) is 0 Å². The molecule has 23 nitrogen and oxygen atoms in total. The number of ether oxygens (including phenoxy) is 4. The maximum Gasteiger partial charge on any atom is 0.175 e. The molecule has 3 aliphatic heterocycles. The molecule has 1 N–H and O–H groups in total. The van der Waals surface area contributed by atoms with Gasteiger partial charge >= 0.3 is 0 Å². The number of aromatic nitrogens is 3. The van der Waals surface area contributed by atoms with Gasteiger partial charge in [-0.3, -0.25) is 4.79 Å². The van der Waals surface area contributed by atoms with E-state index in [0.717, 1.165) is 291 Å². The molecule has 0 bridgehead atoms. The van der Waals surface area contributed by atoms with Crippen LogP contribution in [0, 0.1) is 92.2 Å². The number of nitrogens with zero attached hydrogens (tertiary/aromatic N) is 13. The number of benzene rings is 8. The van der Waals surface area contributed by atoms with Crippen molar-refractivity contribution in [1.82, 2.24) is 45.3 Å². The molecule has 3 aromatic heterocycles. The number of carbonyl (C=O) groups is 2. The van der Waals surface area contributed by atoms with Gasteiger partial charge in [-0.1, -0.05) is 76.1 Å². The average molecular weight is 1840 g/mol. The number of carbonyl (C=O) groups excluding carboxylic acids is 2. The fourth-order valence-corrected chi connectivity index (χ4v) is 16.9. The zero-order valence-corrected chi connectivity index (χ0v) is 80.0. The number of piperidine rings is 3. The van der Waals surface area contributed by atoms with Crippen LogP contribution in [0.3, 0.4) is 0 Å². The van der Waals surface area contributed by atoms with Crippen LogP contribution in [0.1, 0.15) is 191 Å². The minimum absolute atomic E-state index is 0. The molecule has 6 heterocycles. The number of methoxy groups -OCH3 is 1. The van der Waals surface area contributed by atoms with Gasteiger partial charge in [0.25, 0.3) is 0 Å². The van der Waals surface area contributed by atoms with Gasteiger partial charge in [0.05, 0.1) is 125 Å². The van der Waals surface area contributed by atoms with Gasteiger partial charge in [-0.15, -0.1) is 24.8 Å². The summed E-state index contributed by atoms with van der Waals surface area (Å²) in [5.74, 6) is 7.31. The van der Waals surface area contributed by atoms with E-state index in [4.69, 9.17) is 58.8 Å². The monoisotopic (exact) mass is 1840 g/mol. The molecule has 0 spiro atoms. The van der Waals surface area contributed by atoms with Gasteiger partial charge in [-0.05, 0) is 371 Å². The van der Waals surface area contributed by atoms with Gasteiger partial charge in [-0.25, -0.2) is 0 Å². The molecule has 0 atom stereocenters. The largest absolute Gasteiger partial charge is 0.504 e. The molecule has 0 amide bonds. The standard InChI is InChI=1S/2C30H38N4O2.C21H31N3O2.C10H9NO.C9H7NO.C8H5NO.2ClH/c2*1-33(2)20-27-29(35-21-24-6-7-24)11-9-26-28(32-36-30(26)27)10-8-22-12-15-34(16-13-22)17-14-23-4-3-5-25(18-23)19-31;1-24(2)13-18-20(25-14-16-3-4-16)8-6-17-19(23-26-21(17)18)7-5-15-9-11-22-12-10-15;1-12-6-5-9-3-2-4-10(7-9)8-11;10-7-9-3-1-2-8(6-9)4-5-11;9-5-7-2-1-3-8(4-7)6-10;;/h2*3-5,9,11,18,22,24H,6-8,10,12-17,20-21H2,1-2H3;6,8,15-16,22H,3-5,7,9-14H2,1-2H3;2-7H,1H3;1-3,5-6H,4H2;1-4,6H;2*1H. The fraction of sp³-hybridized carbons (Fsp3) is 0.444. The Bertz CT molecular complexity index is 5550. The summed E-state index contributed by atoms with van der Waals surface area (Å²) in [4.78, 5) is 31.9. The summed E-state index contributed by atoms with van der Waals surface area (Å²) in [7, 11) is 14.1. The molecular weight excluding hydrogens is 1710 g/mol. The van der Waals surface area contributed by atoms with E-state index in [0.29, 0.717) is 28.7 Å². The lowest BCUT2D eigenvalue weighted by atomic mass is 9.91. The maximum atomic E-state index is 10.2. The Morgan fingerprint density at radius 2 is 0.737 bits per heavy atom. The van der Waals surface area contributed by atoms with Crippen molar-refractivity contribution in [2.75, 3.05) is 122 Å². The first-order valence-corrected chi connectivity index (χ1v) is 46.7. The topological polar surface area (TPSA) is 296 Å². The summed E-state index contributed by atoms with van der Waals surface area (Å²) in [6, 6.07) is 60.2. The molecule has 3 saturated heterocycles. The minimum atomic E-state index is 0. The van der Waals surface area contributed by atoms with Crippen molar-refractivity contribution in [2.45, 2.75) is 154 Å². The highest BCUT2D eigenvalue weighted by Crippen LogP contribution is 2.40. The highest BCUT2D eigenvalue weighted by Gasteiger charge is 2.30. The van der Waals surface area contributed by atoms with Crippen molar-refractivity contribution < 1.29 is 42.1 Å². The Balaban J connectivity index is 0.000000176. The SMILES string of the molecule is CN(C)Cc1c(OCC2CC2)ccc2c(CCC3CCN(CCc4cccc(C#N)c4)CC3)noc12.CN(C)Cc1c(OCC2CC2)ccc2c(CCC3CCN(CCc4cccc(C#N)c4)CC3)noc12.CN(C)Cc1c(OCC2CC2)ccc2c(CCC3CCNCC3)noc12.COC=Cc1cccc(C#N)c1.Cl.Cl.N#Cc1cccc(C=O)c1.N#Cc1cccc(CC=O)c1. The van der Waals surface area contributed by atoms with Crippen molar-refractivity contribution in [3.05, 3.63) is 253 Å². The molecule has 11 aromatic rings. The summed E-state index contributed by atoms with van der Waals surface area (Å²) < 4.78 is 40.8. The van der Waals surface area contributed by atoms with Gasteiger partial charge in [0.1, 0.15) is 29.8 Å². The molecule has 0 radical (unpaired) electrons. The quantitative estimate of drug-likeness (QED) is 0.0285. The fourth-order valence-electron chi connectivity index (χ4n) is 16.9. The van der Waals surface area contributed by atoms with Crippen LogP contribution < -0.4 is 19.5 Å². The molecule has 17 rings (SSSR count). The van der Waals surface area contributed by atoms with Crippen molar-refractivity contribution in [1.29, 1.82) is 26.3 Å². The lowest BCUT2D eigenvalue weighted by molar-refractivity contribution is -0.107. The average Bonchev–Trinajstić information content (AvgIpc) is 1.67. The maximum absolute atomic E-state index is 10.2. The summed E-state index contributed by atoms with van der Waals surface area (Å²) in [6.07, 6.45) is 29.0. The number of likely N-dealkylation sites (tertiary alicyclic amines) is 2. The van der Waals surface area contributed by atoms with Crippen molar-refractivity contribution in [3.63, 3.8) is 0 Å². The first-order chi connectivity index (χ1) is 64.0. The third kappa shape index (κ3) is 33.4. The summed E-state index contributed by atoms with van der Waals surface area (Å²) in [5.41, 5.74) is 17.5. The molecule has 6 fully saturated rings.